The maximum atomic E-state index is 13.4. The number of halogens is 2. The van der Waals surface area contributed by atoms with Crippen LogP contribution >= 0.6 is 11.6 Å². The molecule has 0 aromatic heterocycles. The summed E-state index contributed by atoms with van der Waals surface area (Å²) in [7, 11) is 0. The van der Waals surface area contributed by atoms with Gasteiger partial charge in [0.25, 0.3) is 11.8 Å². The number of hydrogen-bond donors (Lipinski definition) is 1. The lowest BCUT2D eigenvalue weighted by Gasteiger charge is -2.20. The molecule has 1 saturated heterocycles. The van der Waals surface area contributed by atoms with Crippen LogP contribution in [-0.2, 0) is 14.4 Å². The Kier molecular flexibility index (Phi) is 4.98. The Bertz CT molecular complexity index is 1110. The molecule has 8 nitrogen and oxygen atoms in total. The second-order valence-corrected chi connectivity index (χ2v) is 7.51. The van der Waals surface area contributed by atoms with Gasteiger partial charge in [0, 0.05) is 5.69 Å². The normalized spacial score (nSPS) is 20.1. The maximum Gasteiger partial charge on any atom is 0.263 e. The molecule has 0 unspecified atom stereocenters. The maximum absolute atomic E-state index is 13.4. The third-order valence-corrected chi connectivity index (χ3v) is 5.49. The van der Waals surface area contributed by atoms with Gasteiger partial charge < -0.3 is 5.32 Å². The molecule has 2 aliphatic heterocycles. The van der Waals surface area contributed by atoms with E-state index in [1.807, 2.05) is 26.0 Å². The van der Waals surface area contributed by atoms with Gasteiger partial charge in [-0.25, -0.2) is 9.29 Å². The quantitative estimate of drug-likeness (QED) is 0.756. The summed E-state index contributed by atoms with van der Waals surface area (Å²) in [4.78, 5) is 39.0. The van der Waals surface area contributed by atoms with Gasteiger partial charge in [-0.05, 0) is 49.2 Å². The summed E-state index contributed by atoms with van der Waals surface area (Å²) in [5, 5.41) is 11.5. The Balaban J connectivity index is 1.51. The van der Waals surface area contributed by atoms with E-state index in [0.29, 0.717) is 5.69 Å². The first-order valence-electron chi connectivity index (χ1n) is 9.14. The van der Waals surface area contributed by atoms with Crippen molar-refractivity contribution >= 4 is 40.7 Å². The fourth-order valence-electron chi connectivity index (χ4n) is 3.46. The molecule has 0 saturated carbocycles. The summed E-state index contributed by atoms with van der Waals surface area (Å²) < 4.78 is 13.4. The van der Waals surface area contributed by atoms with Gasteiger partial charge in [0.15, 0.2) is 12.1 Å². The Hall–Kier alpha value is -3.33. The van der Waals surface area contributed by atoms with Crippen LogP contribution in [0.3, 0.4) is 0 Å². The van der Waals surface area contributed by atoms with E-state index in [1.165, 1.54) is 17.1 Å². The summed E-state index contributed by atoms with van der Waals surface area (Å²) in [6.07, 6.45) is 0. The number of carbonyl (C=O) groups is 3. The molecule has 1 fully saturated rings. The molecule has 30 heavy (non-hydrogen) atoms. The molecule has 0 aliphatic carbocycles. The molecule has 10 heteroatoms. The van der Waals surface area contributed by atoms with Crippen molar-refractivity contribution < 1.29 is 18.8 Å². The lowest BCUT2D eigenvalue weighted by atomic mass is 10.1. The zero-order valence-corrected chi connectivity index (χ0v) is 16.9. The highest BCUT2D eigenvalue weighted by Crippen LogP contribution is 2.33. The van der Waals surface area contributed by atoms with Crippen LogP contribution in [0.4, 0.5) is 15.8 Å². The van der Waals surface area contributed by atoms with Crippen molar-refractivity contribution in [3.05, 3.63) is 58.4 Å². The van der Waals surface area contributed by atoms with Gasteiger partial charge in [0.2, 0.25) is 5.91 Å². The fourth-order valence-corrected chi connectivity index (χ4v) is 3.63. The van der Waals surface area contributed by atoms with Crippen LogP contribution < -0.4 is 10.2 Å². The predicted octanol–water partition coefficient (Wildman–Crippen LogP) is 3.03. The Morgan fingerprint density at radius 3 is 2.70 bits per heavy atom. The number of nitrogens with zero attached hydrogens (tertiary/aromatic N) is 4. The Labute approximate surface area is 176 Å². The summed E-state index contributed by atoms with van der Waals surface area (Å²) >= 11 is 5.78. The zero-order valence-electron chi connectivity index (χ0n) is 16.1. The van der Waals surface area contributed by atoms with Crippen molar-refractivity contribution in [2.24, 2.45) is 10.3 Å². The molecule has 2 aliphatic rings. The number of benzene rings is 2. The molecule has 2 heterocycles. The first-order chi connectivity index (χ1) is 14.3. The zero-order chi connectivity index (χ0) is 21.6. The van der Waals surface area contributed by atoms with Gasteiger partial charge in [-0.2, -0.15) is 5.11 Å². The first kappa shape index (κ1) is 20.0. The standard InChI is InChI=1S/C20H17ClFN5O3/c1-10-4-3-5-15(11(10)2)23-16(28)9-26-18-17(24-25-26)19(29)27(20(18)30)12-6-7-14(22)13(21)8-12/h3-8,17-18H,9H2,1-2H3,(H,23,28)/t17-,18-/m1/s1. The number of anilines is 2. The molecule has 4 rings (SSSR count). The van der Waals surface area contributed by atoms with Crippen LogP contribution in [0, 0.1) is 19.7 Å². The van der Waals surface area contributed by atoms with Crippen LogP contribution in [-0.4, -0.2) is 41.4 Å². The molecule has 0 spiro atoms. The number of fused-ring (bicyclic) bond motifs is 1. The van der Waals surface area contributed by atoms with Crippen molar-refractivity contribution in [3.63, 3.8) is 0 Å². The minimum atomic E-state index is -1.06. The van der Waals surface area contributed by atoms with E-state index in [1.54, 1.807) is 6.07 Å². The topological polar surface area (TPSA) is 94.4 Å². The molecular weight excluding hydrogens is 413 g/mol. The molecule has 0 bridgehead atoms. The van der Waals surface area contributed by atoms with E-state index in [-0.39, 0.29) is 17.3 Å². The molecule has 2 aromatic rings. The lowest BCUT2D eigenvalue weighted by Crippen LogP contribution is -2.43. The summed E-state index contributed by atoms with van der Waals surface area (Å²) in [6.45, 7) is 3.57. The fraction of sp³-hybridized carbons (Fsp3) is 0.250. The van der Waals surface area contributed by atoms with Crippen molar-refractivity contribution in [2.45, 2.75) is 25.9 Å². The van der Waals surface area contributed by atoms with Crippen LogP contribution in [0.25, 0.3) is 0 Å². The second-order valence-electron chi connectivity index (χ2n) is 7.10. The van der Waals surface area contributed by atoms with Crippen LogP contribution in [0.5, 0.6) is 0 Å². The molecule has 154 valence electrons. The largest absolute Gasteiger partial charge is 0.324 e. The number of hydrogen-bond acceptors (Lipinski definition) is 6. The molecule has 0 radical (unpaired) electrons. The van der Waals surface area contributed by atoms with Crippen LogP contribution in [0.2, 0.25) is 5.02 Å². The van der Waals surface area contributed by atoms with Crippen molar-refractivity contribution in [3.8, 4) is 0 Å². The van der Waals surface area contributed by atoms with E-state index in [9.17, 15) is 18.8 Å². The molecule has 1 N–H and O–H groups in total. The van der Waals surface area contributed by atoms with Gasteiger partial charge in [0.05, 0.1) is 10.7 Å². The van der Waals surface area contributed by atoms with E-state index >= 15 is 0 Å². The van der Waals surface area contributed by atoms with Crippen LogP contribution in [0.15, 0.2) is 46.7 Å². The third kappa shape index (κ3) is 3.30. The number of amides is 3. The molecule has 2 aromatic carbocycles. The summed E-state index contributed by atoms with van der Waals surface area (Å²) in [6, 6.07) is 7.00. The first-order valence-corrected chi connectivity index (χ1v) is 9.52. The molecule has 2 atom stereocenters. The smallest absolute Gasteiger partial charge is 0.263 e. The average Bonchev–Trinajstić information content (AvgIpc) is 3.21. The predicted molar refractivity (Wildman–Crippen MR) is 108 cm³/mol. The monoisotopic (exact) mass is 429 g/mol. The minimum absolute atomic E-state index is 0.140. The van der Waals surface area contributed by atoms with Gasteiger partial charge >= 0.3 is 0 Å². The summed E-state index contributed by atoms with van der Waals surface area (Å²) in [5.74, 6) is -2.26. The van der Waals surface area contributed by atoms with Crippen molar-refractivity contribution in [2.75, 3.05) is 16.8 Å². The number of rotatable bonds is 4. The SMILES string of the molecule is Cc1cccc(NC(=O)CN2N=N[C@H]3C(=O)N(c4ccc(F)c(Cl)c4)C(=O)[C@@H]32)c1C. The highest BCUT2D eigenvalue weighted by molar-refractivity contribution is 6.32. The van der Waals surface area contributed by atoms with Gasteiger partial charge in [0.1, 0.15) is 12.4 Å². The minimum Gasteiger partial charge on any atom is -0.324 e. The van der Waals surface area contributed by atoms with Gasteiger partial charge in [-0.1, -0.05) is 29.0 Å². The number of nitrogens with one attached hydrogen (secondary N) is 1. The van der Waals surface area contributed by atoms with Crippen LogP contribution in [0.1, 0.15) is 11.1 Å². The number of carbonyl (C=O) groups excluding carboxylic acids is 3. The van der Waals surface area contributed by atoms with E-state index in [4.69, 9.17) is 11.6 Å². The molecule has 3 amide bonds. The average molecular weight is 430 g/mol. The van der Waals surface area contributed by atoms with E-state index in [2.05, 4.69) is 15.7 Å². The van der Waals surface area contributed by atoms with Crippen molar-refractivity contribution in [1.82, 2.24) is 5.01 Å². The highest BCUT2D eigenvalue weighted by atomic mass is 35.5. The Morgan fingerprint density at radius 2 is 1.97 bits per heavy atom. The highest BCUT2D eigenvalue weighted by Gasteiger charge is 2.55. The second kappa shape index (κ2) is 7.49. The van der Waals surface area contributed by atoms with E-state index in [0.717, 1.165) is 22.1 Å². The summed E-state index contributed by atoms with van der Waals surface area (Å²) in [5.41, 5.74) is 2.75. The number of imide groups is 1. The third-order valence-electron chi connectivity index (χ3n) is 5.20. The number of aryl methyl sites for hydroxylation is 1. The Morgan fingerprint density at radius 1 is 1.20 bits per heavy atom. The lowest BCUT2D eigenvalue weighted by molar-refractivity contribution is -0.123. The van der Waals surface area contributed by atoms with Crippen molar-refractivity contribution in [1.29, 1.82) is 0 Å². The van der Waals surface area contributed by atoms with E-state index < -0.39 is 35.6 Å². The molecular formula is C20H17ClFN5O3. The van der Waals surface area contributed by atoms with Gasteiger partial charge in [-0.3, -0.25) is 19.4 Å². The van der Waals surface area contributed by atoms with Gasteiger partial charge in [-0.15, -0.1) is 0 Å².